The lowest BCUT2D eigenvalue weighted by Gasteiger charge is -2.44. The summed E-state index contributed by atoms with van der Waals surface area (Å²) in [6.07, 6.45) is -21.0. The van der Waals surface area contributed by atoms with E-state index in [1.807, 2.05) is 0 Å². The van der Waals surface area contributed by atoms with Gasteiger partial charge in [0, 0.05) is 6.42 Å². The lowest BCUT2D eigenvalue weighted by Crippen LogP contribution is -2.61. The van der Waals surface area contributed by atoms with Crippen molar-refractivity contribution in [1.29, 1.82) is 0 Å². The average Bonchev–Trinajstić information content (AvgIpc) is 2.80. The fourth-order valence-corrected chi connectivity index (χ4v) is 3.92. The van der Waals surface area contributed by atoms with Crippen LogP contribution in [0.3, 0.4) is 0 Å². The van der Waals surface area contributed by atoms with Crippen LogP contribution in [0.15, 0.2) is 0 Å². The fourth-order valence-electron chi connectivity index (χ4n) is 3.92. The summed E-state index contributed by atoms with van der Waals surface area (Å²) in [5.41, 5.74) is 0. The van der Waals surface area contributed by atoms with E-state index in [2.05, 4.69) is 0 Å². The van der Waals surface area contributed by atoms with Crippen molar-refractivity contribution in [3.8, 4) is 0 Å². The van der Waals surface area contributed by atoms with Crippen LogP contribution in [0.5, 0.6) is 0 Å². The number of aliphatic hydroxyl groups excluding tert-OH is 10. The molecule has 0 bridgehead atoms. The Bertz CT molecular complexity index is 607. The topological polar surface area (TPSA) is 248 Å². The normalized spacial score (nSPS) is 51.5. The van der Waals surface area contributed by atoms with Gasteiger partial charge in [-0.2, -0.15) is 0 Å². The maximum absolute atomic E-state index is 10.2. The van der Waals surface area contributed by atoms with Crippen LogP contribution in [0.25, 0.3) is 0 Å². The summed E-state index contributed by atoms with van der Waals surface area (Å²) < 4.78 is 26.6. The minimum absolute atomic E-state index is 0.134. The molecule has 3 heterocycles. The number of rotatable bonds is 7. The molecule has 0 spiro atoms. The molecule has 3 fully saturated rings. The van der Waals surface area contributed by atoms with Gasteiger partial charge in [-0.1, -0.05) is 0 Å². The van der Waals surface area contributed by atoms with Gasteiger partial charge in [0.2, 0.25) is 0 Å². The van der Waals surface area contributed by atoms with Crippen LogP contribution >= 0.6 is 0 Å². The van der Waals surface area contributed by atoms with Gasteiger partial charge in [-0.25, -0.2) is 0 Å². The highest BCUT2D eigenvalue weighted by molar-refractivity contribution is 4.92. The molecule has 3 aliphatic rings. The Morgan fingerprint density at radius 1 is 0.606 bits per heavy atom. The lowest BCUT2D eigenvalue weighted by atomic mass is 9.98. The molecule has 0 saturated carbocycles. The molecule has 3 saturated heterocycles. The van der Waals surface area contributed by atoms with Gasteiger partial charge in [0.05, 0.1) is 32.0 Å². The summed E-state index contributed by atoms with van der Waals surface area (Å²) in [5.74, 6) is 0. The zero-order valence-corrected chi connectivity index (χ0v) is 17.4. The summed E-state index contributed by atoms with van der Waals surface area (Å²) in [4.78, 5) is 0. The van der Waals surface area contributed by atoms with E-state index < -0.39 is 99.2 Å². The van der Waals surface area contributed by atoms with E-state index in [9.17, 15) is 51.1 Å². The van der Waals surface area contributed by atoms with Crippen molar-refractivity contribution in [2.24, 2.45) is 0 Å². The minimum atomic E-state index is -1.75. The molecule has 0 aromatic rings. The Morgan fingerprint density at radius 2 is 1.12 bits per heavy atom. The lowest BCUT2D eigenvalue weighted by molar-refractivity contribution is -0.345. The summed E-state index contributed by atoms with van der Waals surface area (Å²) in [6, 6.07) is 0. The van der Waals surface area contributed by atoms with Crippen molar-refractivity contribution in [1.82, 2.24) is 0 Å². The molecule has 0 aromatic heterocycles. The van der Waals surface area contributed by atoms with Crippen LogP contribution in [0.4, 0.5) is 0 Å². The van der Waals surface area contributed by atoms with Gasteiger partial charge in [0.15, 0.2) is 18.9 Å². The third-order valence-electron chi connectivity index (χ3n) is 5.95. The molecule has 0 aromatic carbocycles. The third kappa shape index (κ3) is 5.80. The highest BCUT2D eigenvalue weighted by atomic mass is 16.7. The van der Waals surface area contributed by atoms with Gasteiger partial charge in [0.1, 0.15) is 54.9 Å². The fraction of sp³-hybridized carbons (Fsp3) is 1.00. The Balaban J connectivity index is 1.59. The highest BCUT2D eigenvalue weighted by Gasteiger charge is 2.48. The van der Waals surface area contributed by atoms with Crippen molar-refractivity contribution in [3.05, 3.63) is 0 Å². The van der Waals surface area contributed by atoms with Gasteiger partial charge >= 0.3 is 0 Å². The van der Waals surface area contributed by atoms with E-state index in [1.165, 1.54) is 0 Å². The standard InChI is InChI=1S/C18H32O15/c19-2-7-9(21)12(24)14(26)17(32-7)29-4-5-1-6(11(23)16(28)30-5)31-18-15(27)13(25)10(22)8(3-20)33-18/h5-28H,1-4H2/t5-,6-,7+,8+,9+,10+,11-,12-,13-,14-,15-,16-,17-,18-/m0/s1. The van der Waals surface area contributed by atoms with E-state index in [4.69, 9.17) is 23.7 Å². The first-order valence-electron chi connectivity index (χ1n) is 10.5. The molecule has 0 amide bonds. The molecule has 10 N–H and O–H groups in total. The smallest absolute Gasteiger partial charge is 0.187 e. The van der Waals surface area contributed by atoms with Crippen molar-refractivity contribution < 1.29 is 74.7 Å². The molecule has 15 heteroatoms. The van der Waals surface area contributed by atoms with Gasteiger partial charge in [-0.05, 0) is 0 Å². The SMILES string of the molecule is OC[C@H]1O[C@H](OC[C@@H]2C[C@H](O[C@H]3O[C@H](CO)[C@@H](O)[C@H](O)[C@@H]3O)[C@H](O)[C@@H](O)O2)[C@@H](O)[C@@H](O)[C@@H]1O. The second kappa shape index (κ2) is 11.4. The second-order valence-electron chi connectivity index (χ2n) is 8.28. The second-order valence-corrected chi connectivity index (χ2v) is 8.28. The first kappa shape index (κ1) is 27.0. The molecule has 3 aliphatic heterocycles. The highest BCUT2D eigenvalue weighted by Crippen LogP contribution is 2.29. The maximum Gasteiger partial charge on any atom is 0.187 e. The quantitative estimate of drug-likeness (QED) is 0.160. The van der Waals surface area contributed by atoms with E-state index in [0.717, 1.165) is 0 Å². The summed E-state index contributed by atoms with van der Waals surface area (Å²) >= 11 is 0. The van der Waals surface area contributed by atoms with Crippen LogP contribution in [-0.4, -0.2) is 157 Å². The largest absolute Gasteiger partial charge is 0.394 e. The Hall–Kier alpha value is -0.600. The molecule has 14 atom stereocenters. The number of hydrogen-bond acceptors (Lipinski definition) is 15. The maximum atomic E-state index is 10.2. The van der Waals surface area contributed by atoms with E-state index in [1.54, 1.807) is 0 Å². The third-order valence-corrected chi connectivity index (χ3v) is 5.95. The number of hydrogen-bond donors (Lipinski definition) is 10. The predicted octanol–water partition coefficient (Wildman–Crippen LogP) is -6.54. The van der Waals surface area contributed by atoms with Crippen LogP contribution in [0, 0.1) is 0 Å². The van der Waals surface area contributed by atoms with Crippen LogP contribution in [0.1, 0.15) is 6.42 Å². The predicted molar refractivity (Wildman–Crippen MR) is 99.9 cm³/mol. The minimum Gasteiger partial charge on any atom is -0.394 e. The van der Waals surface area contributed by atoms with Gasteiger partial charge < -0.3 is 74.7 Å². The Labute approximate surface area is 187 Å². The van der Waals surface area contributed by atoms with Gasteiger partial charge in [-0.3, -0.25) is 0 Å². The van der Waals surface area contributed by atoms with E-state index in [-0.39, 0.29) is 13.0 Å². The summed E-state index contributed by atoms with van der Waals surface area (Å²) in [6.45, 7) is -1.68. The molecule has 0 aliphatic carbocycles. The molecular formula is C18H32O15. The number of aliphatic hydroxyl groups is 10. The zero-order valence-electron chi connectivity index (χ0n) is 17.4. The first-order chi connectivity index (χ1) is 15.6. The average molecular weight is 488 g/mol. The van der Waals surface area contributed by atoms with Crippen molar-refractivity contribution in [2.75, 3.05) is 19.8 Å². The Kier molecular flexibility index (Phi) is 9.35. The molecule has 33 heavy (non-hydrogen) atoms. The molecule has 194 valence electrons. The van der Waals surface area contributed by atoms with Crippen LogP contribution in [-0.2, 0) is 23.7 Å². The van der Waals surface area contributed by atoms with Gasteiger partial charge in [0.25, 0.3) is 0 Å². The molecular weight excluding hydrogens is 456 g/mol. The zero-order chi connectivity index (χ0) is 24.4. The van der Waals surface area contributed by atoms with Crippen molar-refractivity contribution in [3.63, 3.8) is 0 Å². The monoisotopic (exact) mass is 488 g/mol. The van der Waals surface area contributed by atoms with Crippen LogP contribution < -0.4 is 0 Å². The number of ether oxygens (including phenoxy) is 5. The Morgan fingerprint density at radius 3 is 1.67 bits per heavy atom. The summed E-state index contributed by atoms with van der Waals surface area (Å²) in [7, 11) is 0. The molecule has 3 rings (SSSR count). The van der Waals surface area contributed by atoms with Crippen molar-refractivity contribution >= 4 is 0 Å². The summed E-state index contributed by atoms with van der Waals surface area (Å²) in [5, 5.41) is 98.2. The van der Waals surface area contributed by atoms with E-state index in [0.29, 0.717) is 0 Å². The van der Waals surface area contributed by atoms with E-state index >= 15 is 0 Å². The first-order valence-corrected chi connectivity index (χ1v) is 10.5. The molecule has 0 unspecified atom stereocenters. The van der Waals surface area contributed by atoms with Crippen molar-refractivity contribution in [2.45, 2.75) is 92.4 Å². The molecule has 15 nitrogen and oxygen atoms in total. The van der Waals surface area contributed by atoms with Gasteiger partial charge in [-0.15, -0.1) is 0 Å². The van der Waals surface area contributed by atoms with Crippen LogP contribution in [0.2, 0.25) is 0 Å². The molecule has 0 radical (unpaired) electrons.